The van der Waals surface area contributed by atoms with Gasteiger partial charge >= 0.3 is 0 Å². The van der Waals surface area contributed by atoms with Crippen molar-refractivity contribution in [3.63, 3.8) is 0 Å². The zero-order valence-corrected chi connectivity index (χ0v) is 14.2. The highest BCUT2D eigenvalue weighted by atomic mass is 32.1. The Balaban J connectivity index is 1.77. The van der Waals surface area contributed by atoms with Gasteiger partial charge in [0.1, 0.15) is 0 Å². The highest BCUT2D eigenvalue weighted by Gasteiger charge is 2.22. The van der Waals surface area contributed by atoms with E-state index in [1.165, 1.54) is 24.2 Å². The number of fused-ring (bicyclic) bond motifs is 1. The Morgan fingerprint density at radius 1 is 1.29 bits per heavy atom. The molecule has 124 valence electrons. The average molecular weight is 342 g/mol. The number of ether oxygens (including phenoxy) is 1. The van der Waals surface area contributed by atoms with Crippen LogP contribution in [0.5, 0.6) is 5.88 Å². The number of aromatic nitrogens is 3. The van der Waals surface area contributed by atoms with Crippen molar-refractivity contribution in [2.24, 2.45) is 5.92 Å². The lowest BCUT2D eigenvalue weighted by atomic mass is 9.99. The Bertz CT molecular complexity index is 864. The monoisotopic (exact) mass is 342 g/mol. The summed E-state index contributed by atoms with van der Waals surface area (Å²) in [6.45, 7) is 4.75. The van der Waals surface area contributed by atoms with Gasteiger partial charge in [0.2, 0.25) is 11.0 Å². The van der Waals surface area contributed by atoms with Crippen LogP contribution in [-0.2, 0) is 4.79 Å². The van der Waals surface area contributed by atoms with Crippen molar-refractivity contribution >= 4 is 34.5 Å². The van der Waals surface area contributed by atoms with E-state index in [1.807, 2.05) is 22.9 Å². The molecule has 0 unspecified atom stereocenters. The van der Waals surface area contributed by atoms with Gasteiger partial charge in [-0.15, -0.1) is 5.10 Å². The maximum absolute atomic E-state index is 10.5. The molecule has 6 nitrogen and oxygen atoms in total. The molecule has 1 fully saturated rings. The molecular formula is C17H18N4O2S. The molecule has 1 saturated heterocycles. The molecule has 0 spiro atoms. The van der Waals surface area contributed by atoms with Gasteiger partial charge in [-0.3, -0.25) is 4.79 Å². The second kappa shape index (κ2) is 6.24. The molecule has 3 aromatic rings. The lowest BCUT2D eigenvalue weighted by molar-refractivity contribution is -0.120. The van der Waals surface area contributed by atoms with Crippen molar-refractivity contribution < 1.29 is 9.53 Å². The summed E-state index contributed by atoms with van der Waals surface area (Å²) in [6, 6.07) is 8.18. The lowest BCUT2D eigenvalue weighted by Crippen LogP contribution is -2.33. The molecule has 2 aromatic heterocycles. The smallest absolute Gasteiger partial charge is 0.299 e. The number of hydrogen-bond acceptors (Lipinski definition) is 6. The van der Waals surface area contributed by atoms with Crippen LogP contribution in [0.4, 0.5) is 5.82 Å². The standard InChI is InChI=1S/C17H18N4O2S/c1-12-6-8-20(9-7-12)16-13-4-2-3-5-14(13)21(19-16)17-18-15(10-24-17)23-11-22/h2-5,10-12H,6-9H2,1H3. The Morgan fingerprint density at radius 3 is 2.88 bits per heavy atom. The number of hydrogen-bond donors (Lipinski definition) is 0. The number of rotatable bonds is 4. The van der Waals surface area contributed by atoms with E-state index in [4.69, 9.17) is 9.84 Å². The van der Waals surface area contributed by atoms with E-state index in [0.29, 0.717) is 17.5 Å². The minimum atomic E-state index is 0.304. The summed E-state index contributed by atoms with van der Waals surface area (Å²) in [7, 11) is 0. The fourth-order valence-corrected chi connectivity index (χ4v) is 3.80. The van der Waals surface area contributed by atoms with Gasteiger partial charge in [-0.1, -0.05) is 30.4 Å². The first-order chi connectivity index (χ1) is 11.8. The maximum atomic E-state index is 10.5. The van der Waals surface area contributed by atoms with Crippen molar-refractivity contribution in [2.75, 3.05) is 18.0 Å². The van der Waals surface area contributed by atoms with Gasteiger partial charge in [-0.25, -0.2) is 4.68 Å². The van der Waals surface area contributed by atoms with Crippen LogP contribution >= 0.6 is 11.3 Å². The summed E-state index contributed by atoms with van der Waals surface area (Å²) in [4.78, 5) is 17.2. The number of para-hydroxylation sites is 1. The third kappa shape index (κ3) is 2.65. The molecule has 1 aliphatic rings. The Morgan fingerprint density at radius 2 is 2.08 bits per heavy atom. The van der Waals surface area contributed by atoms with Gasteiger partial charge in [0.05, 0.1) is 10.9 Å². The van der Waals surface area contributed by atoms with E-state index in [0.717, 1.165) is 35.7 Å². The summed E-state index contributed by atoms with van der Waals surface area (Å²) in [5, 5.41) is 8.36. The van der Waals surface area contributed by atoms with Gasteiger partial charge in [0.25, 0.3) is 6.47 Å². The van der Waals surface area contributed by atoms with E-state index < -0.39 is 0 Å². The third-order valence-electron chi connectivity index (χ3n) is 4.47. The number of nitrogens with zero attached hydrogens (tertiary/aromatic N) is 4. The summed E-state index contributed by atoms with van der Waals surface area (Å²) >= 11 is 1.40. The van der Waals surface area contributed by atoms with Crippen molar-refractivity contribution in [1.82, 2.24) is 14.8 Å². The molecule has 0 N–H and O–H groups in total. The van der Waals surface area contributed by atoms with E-state index in [9.17, 15) is 4.79 Å². The van der Waals surface area contributed by atoms with Crippen molar-refractivity contribution in [1.29, 1.82) is 0 Å². The number of carbonyl (C=O) groups is 1. The van der Waals surface area contributed by atoms with Crippen LogP contribution in [0, 0.1) is 5.92 Å². The maximum Gasteiger partial charge on any atom is 0.299 e. The molecule has 0 saturated carbocycles. The largest absolute Gasteiger partial charge is 0.409 e. The first-order valence-corrected chi connectivity index (χ1v) is 8.93. The molecule has 0 atom stereocenters. The molecule has 1 aromatic carbocycles. The zero-order valence-electron chi connectivity index (χ0n) is 13.4. The van der Waals surface area contributed by atoms with E-state index >= 15 is 0 Å². The fraction of sp³-hybridized carbons (Fsp3) is 0.353. The minimum absolute atomic E-state index is 0.304. The number of anilines is 1. The molecule has 0 radical (unpaired) electrons. The summed E-state index contributed by atoms with van der Waals surface area (Å²) < 4.78 is 6.66. The molecule has 0 bridgehead atoms. The average Bonchev–Trinajstić information content (AvgIpc) is 3.21. The number of thiazole rings is 1. The van der Waals surface area contributed by atoms with E-state index in [-0.39, 0.29) is 0 Å². The highest BCUT2D eigenvalue weighted by molar-refractivity contribution is 7.12. The van der Waals surface area contributed by atoms with Gasteiger partial charge in [0, 0.05) is 18.5 Å². The molecule has 7 heteroatoms. The van der Waals surface area contributed by atoms with Gasteiger partial charge in [-0.05, 0) is 30.9 Å². The predicted octanol–water partition coefficient (Wildman–Crippen LogP) is 3.25. The second-order valence-electron chi connectivity index (χ2n) is 6.10. The fourth-order valence-electron chi connectivity index (χ4n) is 3.10. The molecule has 1 aliphatic heterocycles. The SMILES string of the molecule is CC1CCN(c2nn(-c3nc(OC=O)cs3)c3ccccc23)CC1. The van der Waals surface area contributed by atoms with Gasteiger partial charge in [0.15, 0.2) is 5.82 Å². The Hall–Kier alpha value is -2.41. The Labute approximate surface area is 143 Å². The molecular weight excluding hydrogens is 324 g/mol. The Kier molecular flexibility index (Phi) is 3.93. The van der Waals surface area contributed by atoms with Crippen LogP contribution in [0.15, 0.2) is 29.6 Å². The third-order valence-corrected chi connectivity index (χ3v) is 5.27. The summed E-state index contributed by atoms with van der Waals surface area (Å²) in [5.41, 5.74) is 1.01. The van der Waals surface area contributed by atoms with Crippen molar-refractivity contribution in [3.05, 3.63) is 29.6 Å². The van der Waals surface area contributed by atoms with E-state index in [2.05, 4.69) is 22.9 Å². The number of benzene rings is 1. The summed E-state index contributed by atoms with van der Waals surface area (Å²) in [5.74, 6) is 2.08. The summed E-state index contributed by atoms with van der Waals surface area (Å²) in [6.07, 6.45) is 2.38. The quantitative estimate of drug-likeness (QED) is 0.681. The first kappa shape index (κ1) is 15.1. The van der Waals surface area contributed by atoms with Gasteiger partial charge in [-0.2, -0.15) is 4.98 Å². The normalized spacial score (nSPS) is 15.8. The van der Waals surface area contributed by atoms with Crippen LogP contribution in [0.1, 0.15) is 19.8 Å². The van der Waals surface area contributed by atoms with Crippen molar-refractivity contribution in [2.45, 2.75) is 19.8 Å². The molecule has 0 aliphatic carbocycles. The van der Waals surface area contributed by atoms with Crippen molar-refractivity contribution in [3.8, 4) is 11.0 Å². The van der Waals surface area contributed by atoms with Crippen LogP contribution in [0.25, 0.3) is 16.0 Å². The highest BCUT2D eigenvalue weighted by Crippen LogP contribution is 2.32. The van der Waals surface area contributed by atoms with Crippen LogP contribution in [0.2, 0.25) is 0 Å². The molecule has 0 amide bonds. The molecule has 4 rings (SSSR count). The predicted molar refractivity (Wildman–Crippen MR) is 94.0 cm³/mol. The second-order valence-corrected chi connectivity index (χ2v) is 6.94. The molecule has 3 heterocycles. The number of piperidine rings is 1. The van der Waals surface area contributed by atoms with Crippen LogP contribution in [0.3, 0.4) is 0 Å². The minimum Gasteiger partial charge on any atom is -0.409 e. The number of carbonyl (C=O) groups excluding carboxylic acids is 1. The van der Waals surface area contributed by atoms with E-state index in [1.54, 1.807) is 5.38 Å². The van der Waals surface area contributed by atoms with Gasteiger partial charge < -0.3 is 9.64 Å². The molecule has 24 heavy (non-hydrogen) atoms. The topological polar surface area (TPSA) is 60.3 Å². The van der Waals surface area contributed by atoms with Crippen LogP contribution in [-0.4, -0.2) is 34.3 Å². The first-order valence-electron chi connectivity index (χ1n) is 8.05. The zero-order chi connectivity index (χ0) is 16.5. The lowest BCUT2D eigenvalue weighted by Gasteiger charge is -2.30. The van der Waals surface area contributed by atoms with Crippen LogP contribution < -0.4 is 9.64 Å².